The van der Waals surface area contributed by atoms with Crippen LogP contribution in [0.25, 0.3) is 10.9 Å². The Hall–Kier alpha value is -1.57. The molecule has 0 saturated heterocycles. The van der Waals surface area contributed by atoms with E-state index in [1.165, 1.54) is 25.7 Å². The molecule has 0 aliphatic heterocycles. The first-order valence-corrected chi connectivity index (χ1v) is 6.95. The SMILES string of the molecule is O=C(c1c[nH]c2ccccc12)C(C1CC1)C1CC1. The number of carbonyl (C=O) groups excluding carboxylic acids is 1. The Kier molecular flexibility index (Phi) is 2.14. The summed E-state index contributed by atoms with van der Waals surface area (Å²) in [5, 5.41) is 1.09. The van der Waals surface area contributed by atoms with Crippen molar-refractivity contribution in [3.63, 3.8) is 0 Å². The van der Waals surface area contributed by atoms with Gasteiger partial charge in [0.2, 0.25) is 0 Å². The topological polar surface area (TPSA) is 32.9 Å². The summed E-state index contributed by atoms with van der Waals surface area (Å²) >= 11 is 0. The maximum absolute atomic E-state index is 12.8. The second-order valence-electron chi connectivity index (χ2n) is 5.81. The van der Waals surface area contributed by atoms with E-state index in [9.17, 15) is 4.79 Å². The van der Waals surface area contributed by atoms with Gasteiger partial charge in [0.1, 0.15) is 0 Å². The lowest BCUT2D eigenvalue weighted by atomic mass is 9.89. The zero-order chi connectivity index (χ0) is 12.1. The molecular weight excluding hydrogens is 222 g/mol. The van der Waals surface area contributed by atoms with Gasteiger partial charge in [-0.05, 0) is 43.6 Å². The summed E-state index contributed by atoms with van der Waals surface area (Å²) < 4.78 is 0. The molecule has 2 aliphatic carbocycles. The summed E-state index contributed by atoms with van der Waals surface area (Å²) in [5.74, 6) is 2.05. The van der Waals surface area contributed by atoms with E-state index in [1.807, 2.05) is 24.4 Å². The number of para-hydroxylation sites is 1. The minimum absolute atomic E-state index is 0.309. The van der Waals surface area contributed by atoms with Crippen molar-refractivity contribution in [3.05, 3.63) is 36.0 Å². The molecule has 0 bridgehead atoms. The van der Waals surface area contributed by atoms with Crippen LogP contribution in [0.3, 0.4) is 0 Å². The third-order valence-corrected chi connectivity index (χ3v) is 4.42. The monoisotopic (exact) mass is 239 g/mol. The van der Waals surface area contributed by atoms with Gasteiger partial charge < -0.3 is 4.98 Å². The van der Waals surface area contributed by atoms with Gasteiger partial charge in [0.05, 0.1) is 0 Å². The molecule has 1 aromatic carbocycles. The van der Waals surface area contributed by atoms with Crippen LogP contribution in [0.15, 0.2) is 30.5 Å². The van der Waals surface area contributed by atoms with Crippen LogP contribution in [0.4, 0.5) is 0 Å². The molecule has 2 fully saturated rings. The van der Waals surface area contributed by atoms with Crippen molar-refractivity contribution in [3.8, 4) is 0 Å². The highest BCUT2D eigenvalue weighted by Crippen LogP contribution is 2.50. The Bertz CT molecular complexity index is 592. The Morgan fingerprint density at radius 3 is 2.44 bits per heavy atom. The van der Waals surface area contributed by atoms with Crippen LogP contribution in [0.1, 0.15) is 36.0 Å². The van der Waals surface area contributed by atoms with Gasteiger partial charge in [-0.25, -0.2) is 0 Å². The molecule has 1 N–H and O–H groups in total. The van der Waals surface area contributed by atoms with E-state index in [4.69, 9.17) is 0 Å². The first-order chi connectivity index (χ1) is 8.84. The van der Waals surface area contributed by atoms with Gasteiger partial charge in [0, 0.05) is 28.6 Å². The second-order valence-corrected chi connectivity index (χ2v) is 5.81. The fourth-order valence-electron chi connectivity index (χ4n) is 3.18. The number of hydrogen-bond acceptors (Lipinski definition) is 1. The average molecular weight is 239 g/mol. The molecule has 1 aromatic heterocycles. The molecule has 18 heavy (non-hydrogen) atoms. The lowest BCUT2D eigenvalue weighted by Crippen LogP contribution is -2.18. The first kappa shape index (κ1) is 10.4. The lowest BCUT2D eigenvalue weighted by Gasteiger charge is -2.13. The van der Waals surface area contributed by atoms with Crippen LogP contribution in [-0.4, -0.2) is 10.8 Å². The number of aromatic amines is 1. The van der Waals surface area contributed by atoms with E-state index < -0.39 is 0 Å². The van der Waals surface area contributed by atoms with E-state index in [1.54, 1.807) is 0 Å². The minimum Gasteiger partial charge on any atom is -0.360 e. The number of H-pyrrole nitrogens is 1. The normalized spacial score (nSPS) is 19.6. The van der Waals surface area contributed by atoms with Crippen LogP contribution >= 0.6 is 0 Å². The largest absolute Gasteiger partial charge is 0.360 e. The van der Waals surface area contributed by atoms with Crippen molar-refractivity contribution in [1.29, 1.82) is 0 Å². The van der Waals surface area contributed by atoms with Crippen molar-refractivity contribution in [2.45, 2.75) is 25.7 Å². The second kappa shape index (κ2) is 3.71. The fourth-order valence-corrected chi connectivity index (χ4v) is 3.18. The van der Waals surface area contributed by atoms with E-state index in [-0.39, 0.29) is 0 Å². The van der Waals surface area contributed by atoms with Gasteiger partial charge in [-0.1, -0.05) is 18.2 Å². The number of hydrogen-bond donors (Lipinski definition) is 1. The molecule has 0 radical (unpaired) electrons. The Morgan fingerprint density at radius 2 is 1.78 bits per heavy atom. The minimum atomic E-state index is 0.309. The molecule has 0 atom stereocenters. The number of ketones is 1. The number of nitrogens with one attached hydrogen (secondary N) is 1. The molecule has 2 heteroatoms. The number of Topliss-reactive ketones (excluding diaryl/α,β-unsaturated/α-hetero) is 1. The Balaban J connectivity index is 1.74. The summed E-state index contributed by atoms with van der Waals surface area (Å²) in [5.41, 5.74) is 1.99. The van der Waals surface area contributed by atoms with Gasteiger partial charge in [-0.15, -0.1) is 0 Å². The van der Waals surface area contributed by atoms with Crippen LogP contribution < -0.4 is 0 Å². The highest BCUT2D eigenvalue weighted by molar-refractivity contribution is 6.09. The molecule has 2 aliphatic rings. The molecule has 2 saturated carbocycles. The van der Waals surface area contributed by atoms with Gasteiger partial charge in [0.15, 0.2) is 5.78 Å². The number of fused-ring (bicyclic) bond motifs is 1. The summed E-state index contributed by atoms with van der Waals surface area (Å²) in [6.45, 7) is 0. The van der Waals surface area contributed by atoms with Crippen molar-refractivity contribution < 1.29 is 4.79 Å². The number of benzene rings is 1. The smallest absolute Gasteiger partial charge is 0.168 e. The third-order valence-electron chi connectivity index (χ3n) is 4.42. The van der Waals surface area contributed by atoms with E-state index in [2.05, 4.69) is 11.1 Å². The highest BCUT2D eigenvalue weighted by atomic mass is 16.1. The van der Waals surface area contributed by atoms with Crippen LogP contribution in [0.5, 0.6) is 0 Å². The summed E-state index contributed by atoms with van der Waals surface area (Å²) in [7, 11) is 0. The molecule has 92 valence electrons. The maximum atomic E-state index is 12.8. The molecule has 0 spiro atoms. The molecule has 0 unspecified atom stereocenters. The molecule has 2 nitrogen and oxygen atoms in total. The van der Waals surface area contributed by atoms with Gasteiger partial charge >= 0.3 is 0 Å². The van der Waals surface area contributed by atoms with Crippen LogP contribution in [0.2, 0.25) is 0 Å². The fraction of sp³-hybridized carbons (Fsp3) is 0.438. The van der Waals surface area contributed by atoms with Crippen molar-refractivity contribution in [1.82, 2.24) is 4.98 Å². The molecule has 1 heterocycles. The zero-order valence-corrected chi connectivity index (χ0v) is 10.4. The maximum Gasteiger partial charge on any atom is 0.168 e. The number of carbonyl (C=O) groups is 1. The van der Waals surface area contributed by atoms with Crippen LogP contribution in [0, 0.1) is 17.8 Å². The van der Waals surface area contributed by atoms with Crippen molar-refractivity contribution in [2.24, 2.45) is 17.8 Å². The summed E-state index contributed by atoms with van der Waals surface area (Å²) in [6.07, 6.45) is 6.94. The quantitative estimate of drug-likeness (QED) is 0.809. The average Bonchev–Trinajstić information content (AvgIpc) is 3.30. The lowest BCUT2D eigenvalue weighted by molar-refractivity contribution is 0.0888. The zero-order valence-electron chi connectivity index (χ0n) is 10.4. The van der Waals surface area contributed by atoms with E-state index in [0.29, 0.717) is 23.5 Å². The summed E-state index contributed by atoms with van der Waals surface area (Å²) in [4.78, 5) is 16.0. The Labute approximate surface area is 106 Å². The first-order valence-electron chi connectivity index (χ1n) is 6.95. The third kappa shape index (κ3) is 1.59. The van der Waals surface area contributed by atoms with Gasteiger partial charge in [0.25, 0.3) is 0 Å². The Morgan fingerprint density at radius 1 is 1.11 bits per heavy atom. The highest BCUT2D eigenvalue weighted by Gasteiger charge is 2.45. The molecule has 2 aromatic rings. The summed E-state index contributed by atoms with van der Waals surface area (Å²) in [6, 6.07) is 8.11. The van der Waals surface area contributed by atoms with Crippen LogP contribution in [-0.2, 0) is 0 Å². The number of rotatable bonds is 4. The van der Waals surface area contributed by atoms with Gasteiger partial charge in [-0.3, -0.25) is 4.79 Å². The van der Waals surface area contributed by atoms with E-state index in [0.717, 1.165) is 16.5 Å². The standard InChI is InChI=1S/C16H17NO/c18-16(15(10-5-6-10)11-7-8-11)13-9-17-14-4-2-1-3-12(13)14/h1-4,9-11,15,17H,5-8H2. The van der Waals surface area contributed by atoms with E-state index >= 15 is 0 Å². The van der Waals surface area contributed by atoms with Gasteiger partial charge in [-0.2, -0.15) is 0 Å². The predicted molar refractivity (Wildman–Crippen MR) is 71.6 cm³/mol. The molecule has 0 amide bonds. The number of aromatic nitrogens is 1. The van der Waals surface area contributed by atoms with Crippen molar-refractivity contribution >= 4 is 16.7 Å². The molecule has 4 rings (SSSR count). The molecular formula is C16H17NO. The van der Waals surface area contributed by atoms with Crippen molar-refractivity contribution in [2.75, 3.05) is 0 Å². The predicted octanol–water partition coefficient (Wildman–Crippen LogP) is 3.79.